The van der Waals surface area contributed by atoms with E-state index in [1.807, 2.05) is 13.0 Å². The summed E-state index contributed by atoms with van der Waals surface area (Å²) >= 11 is 0. The van der Waals surface area contributed by atoms with Gasteiger partial charge in [-0.05, 0) is 48.4 Å². The number of hydrogen-bond acceptors (Lipinski definition) is 3. The zero-order chi connectivity index (χ0) is 13.8. The number of ether oxygens (including phenoxy) is 2. The average Bonchev–Trinajstić information content (AvgIpc) is 2.40. The first-order valence-electron chi connectivity index (χ1n) is 5.91. The fourth-order valence-electron chi connectivity index (χ4n) is 1.70. The Kier molecular flexibility index (Phi) is 3.90. The Morgan fingerprint density at radius 3 is 2.58 bits per heavy atom. The highest BCUT2D eigenvalue weighted by atomic mass is 19.1. The molecule has 19 heavy (non-hydrogen) atoms. The molecule has 0 bridgehead atoms. The standard InChI is InChI=1S/C15H16FNO2/c1-10-7-12(4-5-14(10)17)19-9-11-3-6-15(18-2)13(16)8-11/h3-8H,9,17H2,1-2H3. The molecule has 2 rings (SSSR count). The lowest BCUT2D eigenvalue weighted by Gasteiger charge is -2.09. The molecule has 0 aromatic heterocycles. The van der Waals surface area contributed by atoms with Gasteiger partial charge in [-0.25, -0.2) is 4.39 Å². The summed E-state index contributed by atoms with van der Waals surface area (Å²) in [5.74, 6) is 0.548. The molecule has 0 aliphatic rings. The Morgan fingerprint density at radius 1 is 1.16 bits per heavy atom. The minimum atomic E-state index is -0.392. The molecule has 0 heterocycles. The molecule has 0 amide bonds. The molecular formula is C15H16FNO2. The molecular weight excluding hydrogens is 245 g/mol. The molecule has 3 nitrogen and oxygen atoms in total. The van der Waals surface area contributed by atoms with Crippen LogP contribution in [0.1, 0.15) is 11.1 Å². The smallest absolute Gasteiger partial charge is 0.165 e. The minimum Gasteiger partial charge on any atom is -0.494 e. The molecule has 100 valence electrons. The lowest BCUT2D eigenvalue weighted by Crippen LogP contribution is -1.98. The van der Waals surface area contributed by atoms with Gasteiger partial charge < -0.3 is 15.2 Å². The van der Waals surface area contributed by atoms with Crippen LogP contribution in [0.2, 0.25) is 0 Å². The fourth-order valence-corrected chi connectivity index (χ4v) is 1.70. The van der Waals surface area contributed by atoms with Crippen molar-refractivity contribution in [3.8, 4) is 11.5 Å². The van der Waals surface area contributed by atoms with Crippen molar-refractivity contribution < 1.29 is 13.9 Å². The highest BCUT2D eigenvalue weighted by Crippen LogP contribution is 2.21. The van der Waals surface area contributed by atoms with E-state index in [1.54, 1.807) is 24.3 Å². The second-order valence-electron chi connectivity index (χ2n) is 4.28. The summed E-state index contributed by atoms with van der Waals surface area (Å²) in [6.45, 7) is 2.21. The lowest BCUT2D eigenvalue weighted by atomic mass is 10.2. The number of halogens is 1. The maximum absolute atomic E-state index is 13.5. The molecule has 2 N–H and O–H groups in total. The summed E-state index contributed by atoms with van der Waals surface area (Å²) < 4.78 is 24.0. The number of nitrogen functional groups attached to an aromatic ring is 1. The first-order chi connectivity index (χ1) is 9.10. The Hall–Kier alpha value is -2.23. The lowest BCUT2D eigenvalue weighted by molar-refractivity contribution is 0.304. The predicted octanol–water partition coefficient (Wildman–Crippen LogP) is 3.30. The van der Waals surface area contributed by atoms with Crippen LogP contribution in [0.5, 0.6) is 11.5 Å². The molecule has 0 atom stereocenters. The third-order valence-electron chi connectivity index (χ3n) is 2.86. The van der Waals surface area contributed by atoms with Gasteiger partial charge in [0.2, 0.25) is 0 Å². The van der Waals surface area contributed by atoms with Crippen molar-refractivity contribution in [3.05, 3.63) is 53.3 Å². The van der Waals surface area contributed by atoms with Gasteiger partial charge in [0.15, 0.2) is 11.6 Å². The molecule has 0 fully saturated rings. The van der Waals surface area contributed by atoms with Crippen LogP contribution in [0.4, 0.5) is 10.1 Å². The van der Waals surface area contributed by atoms with Gasteiger partial charge in [0.05, 0.1) is 7.11 Å². The van der Waals surface area contributed by atoms with E-state index in [2.05, 4.69) is 0 Å². The van der Waals surface area contributed by atoms with Crippen LogP contribution in [0, 0.1) is 12.7 Å². The number of aryl methyl sites for hydroxylation is 1. The monoisotopic (exact) mass is 261 g/mol. The number of benzene rings is 2. The van der Waals surface area contributed by atoms with Gasteiger partial charge in [-0.15, -0.1) is 0 Å². The Balaban J connectivity index is 2.05. The van der Waals surface area contributed by atoms with Crippen molar-refractivity contribution in [2.45, 2.75) is 13.5 Å². The number of nitrogens with two attached hydrogens (primary N) is 1. The van der Waals surface area contributed by atoms with Crippen molar-refractivity contribution in [2.24, 2.45) is 0 Å². The van der Waals surface area contributed by atoms with Gasteiger partial charge in [0, 0.05) is 5.69 Å². The fraction of sp³-hybridized carbons (Fsp3) is 0.200. The predicted molar refractivity (Wildman–Crippen MR) is 72.9 cm³/mol. The summed E-state index contributed by atoms with van der Waals surface area (Å²) in [4.78, 5) is 0. The van der Waals surface area contributed by atoms with Gasteiger partial charge in [0.25, 0.3) is 0 Å². The maximum Gasteiger partial charge on any atom is 0.165 e. The van der Waals surface area contributed by atoms with E-state index in [4.69, 9.17) is 15.2 Å². The van der Waals surface area contributed by atoms with E-state index < -0.39 is 5.82 Å². The summed E-state index contributed by atoms with van der Waals surface area (Å²) in [7, 11) is 1.44. The highest BCUT2D eigenvalue weighted by molar-refractivity contribution is 5.49. The molecule has 0 saturated carbocycles. The van der Waals surface area contributed by atoms with Crippen molar-refractivity contribution in [1.29, 1.82) is 0 Å². The number of anilines is 1. The van der Waals surface area contributed by atoms with E-state index >= 15 is 0 Å². The average molecular weight is 261 g/mol. The van der Waals surface area contributed by atoms with Crippen molar-refractivity contribution in [2.75, 3.05) is 12.8 Å². The molecule has 0 spiro atoms. The summed E-state index contributed by atoms with van der Waals surface area (Å²) in [5, 5.41) is 0. The summed E-state index contributed by atoms with van der Waals surface area (Å²) in [6, 6.07) is 10.2. The third-order valence-corrected chi connectivity index (χ3v) is 2.86. The van der Waals surface area contributed by atoms with E-state index in [0.29, 0.717) is 12.4 Å². The van der Waals surface area contributed by atoms with E-state index in [1.165, 1.54) is 13.2 Å². The van der Waals surface area contributed by atoms with Crippen molar-refractivity contribution in [1.82, 2.24) is 0 Å². The van der Waals surface area contributed by atoms with Crippen molar-refractivity contribution >= 4 is 5.69 Å². The zero-order valence-corrected chi connectivity index (χ0v) is 10.9. The van der Waals surface area contributed by atoms with Crippen LogP contribution >= 0.6 is 0 Å². The van der Waals surface area contributed by atoms with Crippen LogP contribution in [0.25, 0.3) is 0 Å². The molecule has 0 radical (unpaired) electrons. The van der Waals surface area contributed by atoms with Gasteiger partial charge >= 0.3 is 0 Å². The number of methoxy groups -OCH3 is 1. The SMILES string of the molecule is COc1ccc(COc2ccc(N)c(C)c2)cc1F. The quantitative estimate of drug-likeness (QED) is 0.859. The second-order valence-corrected chi connectivity index (χ2v) is 4.28. The number of hydrogen-bond donors (Lipinski definition) is 1. The minimum absolute atomic E-state index is 0.229. The van der Waals surface area contributed by atoms with E-state index in [-0.39, 0.29) is 5.75 Å². The summed E-state index contributed by atoms with van der Waals surface area (Å²) in [6.07, 6.45) is 0. The van der Waals surface area contributed by atoms with Crippen LogP contribution in [0.15, 0.2) is 36.4 Å². The topological polar surface area (TPSA) is 44.5 Å². The van der Waals surface area contributed by atoms with Gasteiger partial charge in [0.1, 0.15) is 12.4 Å². The zero-order valence-electron chi connectivity index (χ0n) is 10.9. The molecule has 2 aromatic carbocycles. The van der Waals surface area contributed by atoms with Gasteiger partial charge in [-0.1, -0.05) is 6.07 Å². The van der Waals surface area contributed by atoms with Gasteiger partial charge in [-0.3, -0.25) is 0 Å². The Morgan fingerprint density at radius 2 is 1.95 bits per heavy atom. The molecule has 0 aliphatic carbocycles. The Labute approximate surface area is 111 Å². The van der Waals surface area contributed by atoms with E-state index in [9.17, 15) is 4.39 Å². The van der Waals surface area contributed by atoms with Crippen LogP contribution < -0.4 is 15.2 Å². The van der Waals surface area contributed by atoms with Crippen LogP contribution in [0.3, 0.4) is 0 Å². The third kappa shape index (κ3) is 3.16. The first kappa shape index (κ1) is 13.2. The molecule has 0 aliphatic heterocycles. The first-order valence-corrected chi connectivity index (χ1v) is 5.91. The van der Waals surface area contributed by atoms with E-state index in [0.717, 1.165) is 16.8 Å². The van der Waals surface area contributed by atoms with Crippen LogP contribution in [-0.2, 0) is 6.61 Å². The normalized spacial score (nSPS) is 10.3. The van der Waals surface area contributed by atoms with Crippen molar-refractivity contribution in [3.63, 3.8) is 0 Å². The highest BCUT2D eigenvalue weighted by Gasteiger charge is 2.04. The molecule has 4 heteroatoms. The number of rotatable bonds is 4. The molecule has 2 aromatic rings. The van der Waals surface area contributed by atoms with Gasteiger partial charge in [-0.2, -0.15) is 0 Å². The second kappa shape index (κ2) is 5.61. The Bertz CT molecular complexity index is 584. The largest absolute Gasteiger partial charge is 0.494 e. The molecule has 0 unspecified atom stereocenters. The van der Waals surface area contributed by atoms with Crippen LogP contribution in [-0.4, -0.2) is 7.11 Å². The summed E-state index contributed by atoms with van der Waals surface area (Å²) in [5.41, 5.74) is 8.15. The maximum atomic E-state index is 13.5. The molecule has 0 saturated heterocycles.